The average molecular weight is 349 g/mol. The van der Waals surface area contributed by atoms with E-state index in [-0.39, 0.29) is 17.4 Å². The molecule has 1 spiro atoms. The Kier molecular flexibility index (Phi) is 4.71. The van der Waals surface area contributed by atoms with Crippen LogP contribution in [-0.2, 0) is 16.6 Å². The zero-order valence-corrected chi connectivity index (χ0v) is 15.5. The minimum Gasteiger partial charge on any atom is -0.481 e. The first-order valence-corrected chi connectivity index (χ1v) is 9.81. The van der Waals surface area contributed by atoms with E-state index >= 15 is 0 Å². The molecule has 1 saturated heterocycles. The number of benzene rings is 2. The Hall–Kier alpha value is -2.29. The van der Waals surface area contributed by atoms with Gasteiger partial charge in [0.1, 0.15) is 5.75 Å². The fourth-order valence-electron chi connectivity index (χ4n) is 4.61. The third-order valence-corrected chi connectivity index (χ3v) is 6.16. The molecule has 26 heavy (non-hydrogen) atoms. The molecule has 3 heteroatoms. The Balaban J connectivity index is 1.42. The first-order valence-electron chi connectivity index (χ1n) is 9.81. The lowest BCUT2D eigenvalue weighted by atomic mass is 9.74. The Morgan fingerprint density at radius 2 is 1.73 bits per heavy atom. The van der Waals surface area contributed by atoms with Gasteiger partial charge in [0.05, 0.1) is 0 Å². The van der Waals surface area contributed by atoms with E-state index in [0.717, 1.165) is 31.7 Å². The summed E-state index contributed by atoms with van der Waals surface area (Å²) in [6, 6.07) is 18.5. The third-order valence-electron chi connectivity index (χ3n) is 6.16. The number of fused-ring (bicyclic) bond motifs is 2. The molecule has 1 unspecified atom stereocenters. The van der Waals surface area contributed by atoms with Crippen molar-refractivity contribution in [2.24, 2.45) is 0 Å². The van der Waals surface area contributed by atoms with Gasteiger partial charge in [0.25, 0.3) is 5.91 Å². The Labute approximate surface area is 156 Å². The van der Waals surface area contributed by atoms with E-state index < -0.39 is 0 Å². The largest absolute Gasteiger partial charge is 0.481 e. The minimum atomic E-state index is -0.387. The van der Waals surface area contributed by atoms with Crippen molar-refractivity contribution in [1.29, 1.82) is 0 Å². The summed E-state index contributed by atoms with van der Waals surface area (Å²) < 4.78 is 5.96. The molecule has 0 aromatic heterocycles. The number of hydrogen-bond acceptors (Lipinski definition) is 2. The van der Waals surface area contributed by atoms with Gasteiger partial charge in [-0.2, -0.15) is 0 Å². The highest BCUT2D eigenvalue weighted by molar-refractivity contribution is 5.81. The summed E-state index contributed by atoms with van der Waals surface area (Å²) in [5.74, 6) is 0.906. The number of rotatable bonds is 4. The number of piperidine rings is 1. The zero-order chi connectivity index (χ0) is 18.0. The van der Waals surface area contributed by atoms with Crippen LogP contribution in [0.5, 0.6) is 5.75 Å². The van der Waals surface area contributed by atoms with Crippen molar-refractivity contribution in [2.45, 2.75) is 50.5 Å². The number of likely N-dealkylation sites (tertiary alicyclic amines) is 1. The summed E-state index contributed by atoms with van der Waals surface area (Å²) in [6.07, 6.45) is 4.85. The zero-order valence-electron chi connectivity index (χ0n) is 15.5. The molecule has 2 aliphatic rings. The smallest absolute Gasteiger partial charge is 0.263 e. The molecule has 4 rings (SSSR count). The maximum absolute atomic E-state index is 13.0. The van der Waals surface area contributed by atoms with Crippen molar-refractivity contribution in [3.05, 3.63) is 65.7 Å². The van der Waals surface area contributed by atoms with Crippen LogP contribution >= 0.6 is 0 Å². The monoisotopic (exact) mass is 349 g/mol. The molecule has 1 fully saturated rings. The van der Waals surface area contributed by atoms with Crippen molar-refractivity contribution in [1.82, 2.24) is 4.90 Å². The van der Waals surface area contributed by atoms with E-state index in [1.807, 2.05) is 42.2 Å². The Morgan fingerprint density at radius 3 is 2.46 bits per heavy atom. The third kappa shape index (κ3) is 3.11. The molecule has 136 valence electrons. The molecule has 1 atom stereocenters. The molecule has 0 N–H and O–H groups in total. The van der Waals surface area contributed by atoms with Crippen LogP contribution in [0, 0.1) is 0 Å². The first kappa shape index (κ1) is 17.1. The second-order valence-corrected chi connectivity index (χ2v) is 7.59. The molecule has 2 aromatic rings. The SMILES string of the molecule is CCC(Oc1ccccc1)C(=O)N1CCC2(CCc3ccccc32)CC1. The molecule has 0 radical (unpaired) electrons. The van der Waals surface area contributed by atoms with Crippen LogP contribution < -0.4 is 4.74 Å². The Bertz CT molecular complexity index is 763. The molecular formula is C23H27NO2. The highest BCUT2D eigenvalue weighted by atomic mass is 16.5. The summed E-state index contributed by atoms with van der Waals surface area (Å²) in [6.45, 7) is 3.69. The van der Waals surface area contributed by atoms with Crippen molar-refractivity contribution >= 4 is 5.91 Å². The molecule has 1 heterocycles. The summed E-state index contributed by atoms with van der Waals surface area (Å²) in [5.41, 5.74) is 3.32. The van der Waals surface area contributed by atoms with Crippen molar-refractivity contribution in [3.63, 3.8) is 0 Å². The van der Waals surface area contributed by atoms with Crippen LogP contribution in [-0.4, -0.2) is 30.0 Å². The lowest BCUT2D eigenvalue weighted by molar-refractivity contribution is -0.140. The molecule has 3 nitrogen and oxygen atoms in total. The summed E-state index contributed by atoms with van der Waals surface area (Å²) in [4.78, 5) is 15.0. The van der Waals surface area contributed by atoms with Gasteiger partial charge >= 0.3 is 0 Å². The van der Waals surface area contributed by atoms with Gasteiger partial charge in [-0.05, 0) is 60.8 Å². The van der Waals surface area contributed by atoms with Crippen molar-refractivity contribution in [3.8, 4) is 5.75 Å². The highest BCUT2D eigenvalue weighted by Gasteiger charge is 2.42. The average Bonchev–Trinajstić information content (AvgIpc) is 3.05. The van der Waals surface area contributed by atoms with Gasteiger partial charge in [-0.15, -0.1) is 0 Å². The van der Waals surface area contributed by atoms with Crippen LogP contribution in [0.4, 0.5) is 0 Å². The highest BCUT2D eigenvalue weighted by Crippen LogP contribution is 2.46. The van der Waals surface area contributed by atoms with Gasteiger partial charge in [0, 0.05) is 13.1 Å². The summed E-state index contributed by atoms with van der Waals surface area (Å²) >= 11 is 0. The van der Waals surface area contributed by atoms with Crippen LogP contribution in [0.2, 0.25) is 0 Å². The maximum atomic E-state index is 13.0. The fourth-order valence-corrected chi connectivity index (χ4v) is 4.61. The van der Waals surface area contributed by atoms with Crippen LogP contribution in [0.15, 0.2) is 54.6 Å². The lowest BCUT2D eigenvalue weighted by Crippen LogP contribution is -2.49. The second kappa shape index (κ2) is 7.14. The fraction of sp³-hybridized carbons (Fsp3) is 0.435. The molecule has 2 aromatic carbocycles. The minimum absolute atomic E-state index is 0.137. The van der Waals surface area contributed by atoms with Crippen LogP contribution in [0.1, 0.15) is 43.7 Å². The topological polar surface area (TPSA) is 29.5 Å². The first-order chi connectivity index (χ1) is 12.7. The Morgan fingerprint density at radius 1 is 1.04 bits per heavy atom. The van der Waals surface area contributed by atoms with Gasteiger partial charge in [-0.1, -0.05) is 49.4 Å². The van der Waals surface area contributed by atoms with E-state index in [0.29, 0.717) is 6.42 Å². The number of hydrogen-bond donors (Lipinski definition) is 0. The molecule has 0 saturated carbocycles. The van der Waals surface area contributed by atoms with E-state index in [2.05, 4.69) is 24.3 Å². The number of ether oxygens (including phenoxy) is 1. The number of para-hydroxylation sites is 1. The number of aryl methyl sites for hydroxylation is 1. The molecule has 1 aliphatic carbocycles. The standard InChI is InChI=1S/C23H27NO2/c1-2-21(26-19-9-4-3-5-10-19)22(25)24-16-14-23(15-17-24)13-12-18-8-6-7-11-20(18)23/h3-11,21H,2,12-17H2,1H3. The number of carbonyl (C=O) groups is 1. The molecule has 1 amide bonds. The maximum Gasteiger partial charge on any atom is 0.263 e. The van der Waals surface area contributed by atoms with Gasteiger partial charge in [0.2, 0.25) is 0 Å². The second-order valence-electron chi connectivity index (χ2n) is 7.59. The molecule has 1 aliphatic heterocycles. The van der Waals surface area contributed by atoms with E-state index in [4.69, 9.17) is 4.74 Å². The molecular weight excluding hydrogens is 322 g/mol. The number of amides is 1. The van der Waals surface area contributed by atoms with Gasteiger partial charge < -0.3 is 9.64 Å². The summed E-state index contributed by atoms with van der Waals surface area (Å²) in [5, 5.41) is 0. The van der Waals surface area contributed by atoms with Crippen LogP contribution in [0.25, 0.3) is 0 Å². The van der Waals surface area contributed by atoms with E-state index in [1.165, 1.54) is 24.0 Å². The lowest BCUT2D eigenvalue weighted by Gasteiger charge is -2.41. The quantitative estimate of drug-likeness (QED) is 0.821. The van der Waals surface area contributed by atoms with Gasteiger partial charge in [-0.25, -0.2) is 0 Å². The normalized spacial score (nSPS) is 19.2. The van der Waals surface area contributed by atoms with E-state index in [9.17, 15) is 4.79 Å². The summed E-state index contributed by atoms with van der Waals surface area (Å²) in [7, 11) is 0. The predicted octanol–water partition coefficient (Wildman–Crippen LogP) is 4.35. The van der Waals surface area contributed by atoms with Gasteiger partial charge in [-0.3, -0.25) is 4.79 Å². The van der Waals surface area contributed by atoms with Crippen molar-refractivity contribution < 1.29 is 9.53 Å². The molecule has 0 bridgehead atoms. The number of nitrogens with zero attached hydrogens (tertiary/aromatic N) is 1. The van der Waals surface area contributed by atoms with Crippen LogP contribution in [0.3, 0.4) is 0 Å². The van der Waals surface area contributed by atoms with E-state index in [1.54, 1.807) is 0 Å². The number of carbonyl (C=O) groups excluding carboxylic acids is 1. The van der Waals surface area contributed by atoms with Crippen molar-refractivity contribution in [2.75, 3.05) is 13.1 Å². The predicted molar refractivity (Wildman–Crippen MR) is 103 cm³/mol. The van der Waals surface area contributed by atoms with Gasteiger partial charge in [0.15, 0.2) is 6.10 Å².